The van der Waals surface area contributed by atoms with Crippen LogP contribution in [-0.4, -0.2) is 60.0 Å². The van der Waals surface area contributed by atoms with Crippen molar-refractivity contribution in [1.82, 2.24) is 0 Å². The molecule has 0 aromatic rings. The molecule has 1 fully saturated rings. The summed E-state index contributed by atoms with van der Waals surface area (Å²) in [6, 6.07) is 0. The van der Waals surface area contributed by atoms with Crippen molar-refractivity contribution >= 4 is 0 Å². The van der Waals surface area contributed by atoms with Gasteiger partial charge in [0.2, 0.25) is 0 Å². The second kappa shape index (κ2) is 7.97. The maximum absolute atomic E-state index is 5.39. The van der Waals surface area contributed by atoms with Crippen LogP contribution in [0.5, 0.6) is 0 Å². The molecule has 17 heavy (non-hydrogen) atoms. The highest BCUT2D eigenvalue weighted by Crippen LogP contribution is 2.14. The van der Waals surface area contributed by atoms with Gasteiger partial charge in [-0.3, -0.25) is 0 Å². The summed E-state index contributed by atoms with van der Waals surface area (Å²) in [6.07, 6.45) is 0.709. The van der Waals surface area contributed by atoms with Crippen molar-refractivity contribution in [3.05, 3.63) is 0 Å². The summed E-state index contributed by atoms with van der Waals surface area (Å²) in [7, 11) is 4.39. The lowest BCUT2D eigenvalue weighted by Gasteiger charge is -2.27. The van der Waals surface area contributed by atoms with Gasteiger partial charge in [-0.1, -0.05) is 0 Å². The van der Waals surface area contributed by atoms with E-state index in [4.69, 9.17) is 28.4 Å². The molecule has 0 aromatic carbocycles. The number of unbranched alkanes of at least 4 members (excludes halogenated alkanes) is 1. The Balaban J connectivity index is 1.93. The fourth-order valence-corrected chi connectivity index (χ4v) is 1.31. The maximum atomic E-state index is 5.39. The van der Waals surface area contributed by atoms with Crippen molar-refractivity contribution < 1.29 is 28.4 Å². The standard InChI is InChI=1S/C11H22O6/c1-12-11(13-2,14-3)17-7-5-4-6-15-8-10-9-16-10/h10H,4-9H2,1-3H3. The largest absolute Gasteiger partial charge is 0.411 e. The third-order valence-electron chi connectivity index (χ3n) is 2.42. The Morgan fingerprint density at radius 2 is 1.65 bits per heavy atom. The van der Waals surface area contributed by atoms with Crippen LogP contribution >= 0.6 is 0 Å². The molecule has 1 heterocycles. The smallest absolute Gasteiger partial charge is 0.379 e. The molecular weight excluding hydrogens is 228 g/mol. The van der Waals surface area contributed by atoms with Crippen LogP contribution in [0.4, 0.5) is 0 Å². The Morgan fingerprint density at radius 1 is 1.06 bits per heavy atom. The third-order valence-corrected chi connectivity index (χ3v) is 2.42. The molecule has 102 valence electrons. The summed E-state index contributed by atoms with van der Waals surface area (Å²) < 4.78 is 30.8. The van der Waals surface area contributed by atoms with Gasteiger partial charge in [-0.2, -0.15) is 0 Å². The van der Waals surface area contributed by atoms with Gasteiger partial charge in [-0.15, -0.1) is 0 Å². The van der Waals surface area contributed by atoms with Crippen LogP contribution < -0.4 is 0 Å². The van der Waals surface area contributed by atoms with E-state index in [1.165, 1.54) is 21.3 Å². The number of hydrogen-bond donors (Lipinski definition) is 0. The molecular formula is C11H22O6. The van der Waals surface area contributed by atoms with Gasteiger partial charge in [-0.05, 0) is 12.8 Å². The molecule has 1 saturated heterocycles. The molecule has 1 aliphatic heterocycles. The molecule has 1 unspecified atom stereocenters. The molecule has 0 amide bonds. The van der Waals surface area contributed by atoms with Gasteiger partial charge >= 0.3 is 6.16 Å². The van der Waals surface area contributed by atoms with Crippen LogP contribution in [0.1, 0.15) is 12.8 Å². The number of hydrogen-bond acceptors (Lipinski definition) is 6. The normalized spacial score (nSPS) is 19.6. The van der Waals surface area contributed by atoms with Crippen molar-refractivity contribution in [3.8, 4) is 0 Å². The highest BCUT2D eigenvalue weighted by atomic mass is 17.0. The zero-order valence-electron chi connectivity index (χ0n) is 10.8. The first-order valence-corrected chi connectivity index (χ1v) is 5.75. The Morgan fingerprint density at radius 3 is 2.18 bits per heavy atom. The van der Waals surface area contributed by atoms with Gasteiger partial charge in [0.15, 0.2) is 0 Å². The first-order chi connectivity index (χ1) is 8.26. The van der Waals surface area contributed by atoms with E-state index in [-0.39, 0.29) is 0 Å². The van der Waals surface area contributed by atoms with E-state index in [0.29, 0.717) is 25.9 Å². The minimum atomic E-state index is -1.39. The van der Waals surface area contributed by atoms with Crippen molar-refractivity contribution in [2.45, 2.75) is 25.1 Å². The zero-order valence-corrected chi connectivity index (χ0v) is 10.8. The summed E-state index contributed by atoms with van der Waals surface area (Å²) in [5.41, 5.74) is 0. The predicted octanol–water partition coefficient (Wildman–Crippen LogP) is 0.749. The number of rotatable bonds is 11. The van der Waals surface area contributed by atoms with Gasteiger partial charge < -0.3 is 28.4 Å². The first-order valence-electron chi connectivity index (χ1n) is 5.75. The van der Waals surface area contributed by atoms with Gasteiger partial charge in [0.05, 0.1) is 19.8 Å². The number of methoxy groups -OCH3 is 3. The van der Waals surface area contributed by atoms with E-state index in [9.17, 15) is 0 Å². The van der Waals surface area contributed by atoms with E-state index in [1.807, 2.05) is 0 Å². The highest BCUT2D eigenvalue weighted by Gasteiger charge is 2.30. The van der Waals surface area contributed by atoms with E-state index >= 15 is 0 Å². The third kappa shape index (κ3) is 5.76. The highest BCUT2D eigenvalue weighted by molar-refractivity contribution is 4.66. The Hall–Kier alpha value is -0.240. The molecule has 0 radical (unpaired) electrons. The topological polar surface area (TPSA) is 58.7 Å². The van der Waals surface area contributed by atoms with Crippen molar-refractivity contribution in [3.63, 3.8) is 0 Å². The van der Waals surface area contributed by atoms with Crippen LogP contribution in [0.2, 0.25) is 0 Å². The predicted molar refractivity (Wildman–Crippen MR) is 59.5 cm³/mol. The quantitative estimate of drug-likeness (QED) is 0.306. The van der Waals surface area contributed by atoms with Gasteiger partial charge in [0.25, 0.3) is 0 Å². The molecule has 0 N–H and O–H groups in total. The average Bonchev–Trinajstić information content (AvgIpc) is 3.18. The lowest BCUT2D eigenvalue weighted by atomic mass is 10.3. The fraction of sp³-hybridized carbons (Fsp3) is 1.00. The lowest BCUT2D eigenvalue weighted by Crippen LogP contribution is -2.39. The van der Waals surface area contributed by atoms with Crippen molar-refractivity contribution in [1.29, 1.82) is 0 Å². The molecule has 0 saturated carbocycles. The molecule has 0 aromatic heterocycles. The summed E-state index contributed by atoms with van der Waals surface area (Å²) in [4.78, 5) is 0. The molecule has 0 aliphatic carbocycles. The zero-order chi connectivity index (χ0) is 12.6. The monoisotopic (exact) mass is 250 g/mol. The van der Waals surface area contributed by atoms with Crippen LogP contribution in [0, 0.1) is 0 Å². The average molecular weight is 250 g/mol. The summed E-state index contributed by atoms with van der Waals surface area (Å²) in [6.45, 7) is 2.72. The molecule has 0 bridgehead atoms. The number of epoxide rings is 1. The molecule has 1 atom stereocenters. The van der Waals surface area contributed by atoms with E-state index < -0.39 is 6.16 Å². The molecule has 0 spiro atoms. The Kier molecular flexibility index (Phi) is 6.94. The minimum absolute atomic E-state index is 0.328. The van der Waals surface area contributed by atoms with Crippen molar-refractivity contribution in [2.24, 2.45) is 0 Å². The van der Waals surface area contributed by atoms with Crippen molar-refractivity contribution in [2.75, 3.05) is 47.8 Å². The first kappa shape index (κ1) is 14.8. The second-order valence-electron chi connectivity index (χ2n) is 3.70. The van der Waals surface area contributed by atoms with E-state index in [2.05, 4.69) is 0 Å². The van der Waals surface area contributed by atoms with Crippen LogP contribution in [0.25, 0.3) is 0 Å². The summed E-state index contributed by atoms with van der Waals surface area (Å²) in [5.74, 6) is 0. The minimum Gasteiger partial charge on any atom is -0.379 e. The summed E-state index contributed by atoms with van der Waals surface area (Å²) in [5, 5.41) is 0. The second-order valence-corrected chi connectivity index (χ2v) is 3.70. The SMILES string of the molecule is COC(OC)(OC)OCCCCOCC1CO1. The van der Waals surface area contributed by atoms with Crippen LogP contribution in [0.3, 0.4) is 0 Å². The Bertz CT molecular complexity index is 182. The lowest BCUT2D eigenvalue weighted by molar-refractivity contribution is -0.479. The number of ether oxygens (including phenoxy) is 6. The van der Waals surface area contributed by atoms with Crippen LogP contribution in [0.15, 0.2) is 0 Å². The van der Waals surface area contributed by atoms with Gasteiger partial charge in [0.1, 0.15) is 6.10 Å². The fourth-order valence-electron chi connectivity index (χ4n) is 1.31. The molecule has 1 aliphatic rings. The maximum Gasteiger partial charge on any atom is 0.411 e. The van der Waals surface area contributed by atoms with E-state index in [0.717, 1.165) is 19.4 Å². The summed E-state index contributed by atoms with van der Waals surface area (Å²) >= 11 is 0. The van der Waals surface area contributed by atoms with Gasteiger partial charge in [0, 0.05) is 27.9 Å². The van der Waals surface area contributed by atoms with Crippen LogP contribution in [-0.2, 0) is 28.4 Å². The Labute approximate surface area is 102 Å². The molecule has 6 nitrogen and oxygen atoms in total. The van der Waals surface area contributed by atoms with E-state index in [1.54, 1.807) is 0 Å². The molecule has 1 rings (SSSR count). The molecule has 6 heteroatoms. The van der Waals surface area contributed by atoms with Gasteiger partial charge in [-0.25, -0.2) is 0 Å².